The Labute approximate surface area is 137 Å². The molecule has 0 aliphatic rings. The van der Waals surface area contributed by atoms with Gasteiger partial charge in [-0.1, -0.05) is 18.2 Å². The lowest BCUT2D eigenvalue weighted by Crippen LogP contribution is -2.31. The van der Waals surface area contributed by atoms with Crippen molar-refractivity contribution >= 4 is 33.1 Å². The van der Waals surface area contributed by atoms with E-state index < -0.39 is 6.04 Å². The van der Waals surface area contributed by atoms with E-state index in [1.807, 2.05) is 32.0 Å². The van der Waals surface area contributed by atoms with Crippen molar-refractivity contribution in [3.63, 3.8) is 0 Å². The van der Waals surface area contributed by atoms with Crippen LogP contribution in [0.4, 0.5) is 5.69 Å². The highest BCUT2D eigenvalue weighted by atomic mass is 32.1. The second kappa shape index (κ2) is 5.96. The van der Waals surface area contributed by atoms with Crippen molar-refractivity contribution in [2.75, 3.05) is 5.32 Å². The summed E-state index contributed by atoms with van der Waals surface area (Å²) in [5.74, 6) is -0.246. The van der Waals surface area contributed by atoms with E-state index in [0.29, 0.717) is 11.1 Å². The molecule has 2 aromatic heterocycles. The summed E-state index contributed by atoms with van der Waals surface area (Å²) in [5.41, 5.74) is 1.47. The fourth-order valence-electron chi connectivity index (χ4n) is 2.42. The van der Waals surface area contributed by atoms with Gasteiger partial charge in [0.05, 0.1) is 11.7 Å². The van der Waals surface area contributed by atoms with Gasteiger partial charge in [0.1, 0.15) is 10.9 Å². The van der Waals surface area contributed by atoms with Crippen LogP contribution in [-0.4, -0.2) is 15.5 Å². The summed E-state index contributed by atoms with van der Waals surface area (Å²) in [5, 5.41) is 3.42. The number of anilines is 1. The van der Waals surface area contributed by atoms with Gasteiger partial charge in [0, 0.05) is 10.6 Å². The second-order valence-electron chi connectivity index (χ2n) is 5.45. The molecular weight excluding hydrogens is 310 g/mol. The Hall–Kier alpha value is -2.47. The van der Waals surface area contributed by atoms with Crippen LogP contribution in [0.15, 0.2) is 41.5 Å². The summed E-state index contributed by atoms with van der Waals surface area (Å²) in [6.07, 6.45) is 1.45. The van der Waals surface area contributed by atoms with Crippen LogP contribution < -0.4 is 10.9 Å². The van der Waals surface area contributed by atoms with Gasteiger partial charge in [-0.3, -0.25) is 14.2 Å². The number of para-hydroxylation sites is 1. The van der Waals surface area contributed by atoms with Crippen LogP contribution in [0.2, 0.25) is 0 Å². The zero-order valence-corrected chi connectivity index (χ0v) is 14.0. The maximum atomic E-state index is 12.7. The highest BCUT2D eigenvalue weighted by Gasteiger charge is 2.19. The number of hydrogen-bond acceptors (Lipinski definition) is 4. The van der Waals surface area contributed by atoms with Crippen LogP contribution in [-0.2, 0) is 4.79 Å². The first-order chi connectivity index (χ1) is 11.0. The van der Waals surface area contributed by atoms with E-state index in [0.717, 1.165) is 15.3 Å². The first kappa shape index (κ1) is 15.4. The molecular formula is C17H17N3O2S. The molecule has 0 aliphatic carbocycles. The summed E-state index contributed by atoms with van der Waals surface area (Å²) >= 11 is 1.50. The monoisotopic (exact) mass is 327 g/mol. The zero-order valence-electron chi connectivity index (χ0n) is 13.2. The predicted molar refractivity (Wildman–Crippen MR) is 93.1 cm³/mol. The van der Waals surface area contributed by atoms with Gasteiger partial charge in [0.2, 0.25) is 5.91 Å². The molecule has 1 aromatic carbocycles. The lowest BCUT2D eigenvalue weighted by Gasteiger charge is -2.14. The molecule has 0 radical (unpaired) electrons. The molecule has 0 fully saturated rings. The van der Waals surface area contributed by atoms with Crippen LogP contribution in [0.1, 0.15) is 23.4 Å². The van der Waals surface area contributed by atoms with Crippen LogP contribution in [0, 0.1) is 13.8 Å². The van der Waals surface area contributed by atoms with Gasteiger partial charge < -0.3 is 5.32 Å². The molecule has 0 spiro atoms. The molecule has 5 nitrogen and oxygen atoms in total. The number of aromatic nitrogens is 2. The molecule has 3 aromatic rings. The zero-order chi connectivity index (χ0) is 16.6. The molecule has 0 aliphatic heterocycles. The van der Waals surface area contributed by atoms with Crippen LogP contribution in [0.25, 0.3) is 10.2 Å². The minimum absolute atomic E-state index is 0.174. The summed E-state index contributed by atoms with van der Waals surface area (Å²) in [6, 6.07) is 8.54. The van der Waals surface area contributed by atoms with Gasteiger partial charge in [0.15, 0.2) is 0 Å². The average Bonchev–Trinajstić information content (AvgIpc) is 2.83. The Morgan fingerprint density at radius 3 is 2.65 bits per heavy atom. The van der Waals surface area contributed by atoms with Crippen LogP contribution in [0.5, 0.6) is 0 Å². The van der Waals surface area contributed by atoms with Crippen molar-refractivity contribution in [3.05, 3.63) is 57.5 Å². The summed E-state index contributed by atoms with van der Waals surface area (Å²) in [7, 11) is 0. The SMILES string of the molecule is Cc1sc2ncn(C(C)C(=O)Nc3ccccc3)c(=O)c2c1C. The number of carbonyl (C=O) groups excluding carboxylic acids is 1. The van der Waals surface area contributed by atoms with E-state index in [9.17, 15) is 9.59 Å². The average molecular weight is 327 g/mol. The third-order valence-corrected chi connectivity index (χ3v) is 5.07. The fourth-order valence-corrected chi connectivity index (χ4v) is 3.41. The lowest BCUT2D eigenvalue weighted by atomic mass is 10.2. The van der Waals surface area contributed by atoms with Crippen molar-refractivity contribution in [1.29, 1.82) is 0 Å². The number of hydrogen-bond donors (Lipinski definition) is 1. The number of carbonyl (C=O) groups is 1. The van der Waals surface area contributed by atoms with Gasteiger partial charge in [-0.15, -0.1) is 11.3 Å². The third kappa shape index (κ3) is 2.77. The molecule has 1 N–H and O–H groups in total. The molecule has 1 atom stereocenters. The summed E-state index contributed by atoms with van der Waals surface area (Å²) in [4.78, 5) is 31.2. The third-order valence-electron chi connectivity index (χ3n) is 3.95. The molecule has 2 heterocycles. The minimum atomic E-state index is -0.640. The molecule has 1 amide bonds. The number of rotatable bonds is 3. The Balaban J connectivity index is 1.96. The molecule has 6 heteroatoms. The normalized spacial score (nSPS) is 12.3. The number of aryl methyl sites for hydroxylation is 2. The lowest BCUT2D eigenvalue weighted by molar-refractivity contribution is -0.118. The topological polar surface area (TPSA) is 64.0 Å². The Morgan fingerprint density at radius 2 is 1.96 bits per heavy atom. The van der Waals surface area contributed by atoms with Gasteiger partial charge in [-0.2, -0.15) is 0 Å². The van der Waals surface area contributed by atoms with Gasteiger partial charge in [-0.25, -0.2) is 4.98 Å². The van der Waals surface area contributed by atoms with Crippen LogP contribution in [0.3, 0.4) is 0 Å². The van der Waals surface area contributed by atoms with E-state index >= 15 is 0 Å². The number of benzene rings is 1. The quantitative estimate of drug-likeness (QED) is 0.803. The van der Waals surface area contributed by atoms with Crippen molar-refractivity contribution < 1.29 is 4.79 Å². The molecule has 1 unspecified atom stereocenters. The Morgan fingerprint density at radius 1 is 1.26 bits per heavy atom. The molecule has 0 saturated heterocycles. The number of thiophene rings is 1. The van der Waals surface area contributed by atoms with Crippen molar-refractivity contribution in [2.24, 2.45) is 0 Å². The summed E-state index contributed by atoms with van der Waals surface area (Å²) < 4.78 is 1.39. The Kier molecular flexibility index (Phi) is 4.00. The van der Waals surface area contributed by atoms with Gasteiger partial charge in [0.25, 0.3) is 5.56 Å². The van der Waals surface area contributed by atoms with E-state index in [-0.39, 0.29) is 11.5 Å². The number of amides is 1. The highest BCUT2D eigenvalue weighted by Crippen LogP contribution is 2.26. The van der Waals surface area contributed by atoms with Crippen molar-refractivity contribution in [3.8, 4) is 0 Å². The number of nitrogens with one attached hydrogen (secondary N) is 1. The molecule has 118 valence electrons. The molecule has 3 rings (SSSR count). The molecule has 23 heavy (non-hydrogen) atoms. The molecule has 0 bridgehead atoms. The maximum absolute atomic E-state index is 12.7. The van der Waals surface area contributed by atoms with Gasteiger partial charge in [-0.05, 0) is 38.5 Å². The molecule has 0 saturated carbocycles. The Bertz CT molecular complexity index is 928. The smallest absolute Gasteiger partial charge is 0.263 e. The van der Waals surface area contributed by atoms with E-state index in [1.165, 1.54) is 22.2 Å². The largest absolute Gasteiger partial charge is 0.324 e. The van der Waals surface area contributed by atoms with E-state index in [4.69, 9.17) is 0 Å². The second-order valence-corrected chi connectivity index (χ2v) is 6.65. The first-order valence-corrected chi connectivity index (χ1v) is 8.13. The number of nitrogens with zero attached hydrogens (tertiary/aromatic N) is 2. The standard InChI is InChI=1S/C17H17N3O2S/c1-10-12(3)23-16-14(10)17(22)20(9-18-16)11(2)15(21)19-13-7-5-4-6-8-13/h4-9,11H,1-3H3,(H,19,21). The van der Waals surface area contributed by atoms with Gasteiger partial charge >= 0.3 is 0 Å². The van der Waals surface area contributed by atoms with Crippen molar-refractivity contribution in [2.45, 2.75) is 26.8 Å². The minimum Gasteiger partial charge on any atom is -0.324 e. The van der Waals surface area contributed by atoms with Crippen molar-refractivity contribution in [1.82, 2.24) is 9.55 Å². The maximum Gasteiger partial charge on any atom is 0.263 e. The first-order valence-electron chi connectivity index (χ1n) is 7.32. The summed E-state index contributed by atoms with van der Waals surface area (Å²) in [6.45, 7) is 5.58. The highest BCUT2D eigenvalue weighted by molar-refractivity contribution is 7.18. The predicted octanol–water partition coefficient (Wildman–Crippen LogP) is 3.27. The number of fused-ring (bicyclic) bond motifs is 1. The van der Waals surface area contributed by atoms with Crippen LogP contribution >= 0.6 is 11.3 Å². The fraction of sp³-hybridized carbons (Fsp3) is 0.235. The van der Waals surface area contributed by atoms with E-state index in [1.54, 1.807) is 19.1 Å². The van der Waals surface area contributed by atoms with E-state index in [2.05, 4.69) is 10.3 Å².